The summed E-state index contributed by atoms with van der Waals surface area (Å²) < 4.78 is 1.18. The van der Waals surface area contributed by atoms with Gasteiger partial charge in [-0.3, -0.25) is 0 Å². The minimum atomic E-state index is 0. The molecule has 0 radical (unpaired) electrons. The number of hydrogen-bond donors (Lipinski definition) is 1. The SMILES string of the molecule is CCCCCCCCCCCCCCCCCC[N+](C)(C)CCCCCCO.[F-]. The predicted octanol–water partition coefficient (Wildman–Crippen LogP) is 4.88. The van der Waals surface area contributed by atoms with Crippen molar-refractivity contribution in [3.8, 4) is 0 Å². The van der Waals surface area contributed by atoms with E-state index in [0.717, 1.165) is 6.42 Å². The maximum absolute atomic E-state index is 8.83. The lowest BCUT2D eigenvalue weighted by Crippen LogP contribution is -3.00. The van der Waals surface area contributed by atoms with E-state index < -0.39 is 0 Å². The van der Waals surface area contributed by atoms with Crippen LogP contribution in [0.3, 0.4) is 0 Å². The molecule has 0 saturated heterocycles. The summed E-state index contributed by atoms with van der Waals surface area (Å²) in [6, 6.07) is 0. The Balaban J connectivity index is 0. The third-order valence-corrected chi connectivity index (χ3v) is 6.29. The molecule has 0 aliphatic heterocycles. The maximum atomic E-state index is 8.83. The molecule has 3 heteroatoms. The molecule has 0 heterocycles. The van der Waals surface area contributed by atoms with Gasteiger partial charge in [0.15, 0.2) is 0 Å². The normalized spacial score (nSPS) is 11.6. The molecule has 0 aliphatic rings. The van der Waals surface area contributed by atoms with E-state index in [0.29, 0.717) is 6.61 Å². The first-order valence-corrected chi connectivity index (χ1v) is 13.1. The van der Waals surface area contributed by atoms with Crippen molar-refractivity contribution in [1.82, 2.24) is 0 Å². The van der Waals surface area contributed by atoms with Gasteiger partial charge in [-0.15, -0.1) is 0 Å². The quantitative estimate of drug-likeness (QED) is 0.185. The van der Waals surface area contributed by atoms with Gasteiger partial charge < -0.3 is 14.3 Å². The minimum Gasteiger partial charge on any atom is -1.00 e. The van der Waals surface area contributed by atoms with Crippen molar-refractivity contribution in [2.24, 2.45) is 0 Å². The van der Waals surface area contributed by atoms with Crippen LogP contribution >= 0.6 is 0 Å². The van der Waals surface area contributed by atoms with E-state index in [1.54, 1.807) is 0 Å². The molecule has 0 fully saturated rings. The van der Waals surface area contributed by atoms with Crippen molar-refractivity contribution >= 4 is 0 Å². The molecule has 0 rings (SSSR count). The number of unbranched alkanes of at least 4 members (excludes halogenated alkanes) is 18. The molecule has 0 aromatic rings. The molecule has 0 unspecified atom stereocenters. The largest absolute Gasteiger partial charge is 1.00 e. The van der Waals surface area contributed by atoms with Crippen molar-refractivity contribution < 1.29 is 14.3 Å². The topological polar surface area (TPSA) is 20.2 Å². The third kappa shape index (κ3) is 25.8. The van der Waals surface area contributed by atoms with Crippen molar-refractivity contribution in [3.63, 3.8) is 0 Å². The van der Waals surface area contributed by atoms with E-state index in [1.807, 2.05) is 0 Å². The van der Waals surface area contributed by atoms with E-state index >= 15 is 0 Å². The van der Waals surface area contributed by atoms with E-state index in [1.165, 1.54) is 140 Å². The Kier molecular flexibility index (Phi) is 25.8. The van der Waals surface area contributed by atoms with Gasteiger partial charge in [-0.2, -0.15) is 0 Å². The maximum Gasteiger partial charge on any atom is 0.0782 e. The molecule has 0 spiro atoms. The Bertz CT molecular complexity index is 296. The second-order valence-electron chi connectivity index (χ2n) is 9.82. The average molecular weight is 418 g/mol. The summed E-state index contributed by atoms with van der Waals surface area (Å²) in [5, 5.41) is 8.83. The molecule has 1 N–H and O–H groups in total. The van der Waals surface area contributed by atoms with Gasteiger partial charge in [-0.1, -0.05) is 103 Å². The summed E-state index contributed by atoms with van der Waals surface area (Å²) >= 11 is 0. The molecule has 0 aromatic carbocycles. The second-order valence-corrected chi connectivity index (χ2v) is 9.82. The van der Waals surface area contributed by atoms with Crippen LogP contribution in [-0.4, -0.2) is 43.4 Å². The van der Waals surface area contributed by atoms with Gasteiger partial charge in [0.25, 0.3) is 0 Å². The van der Waals surface area contributed by atoms with Gasteiger partial charge >= 0.3 is 0 Å². The number of aliphatic hydroxyl groups is 1. The molecule has 0 atom stereocenters. The Labute approximate surface area is 183 Å². The number of halogens is 1. The molecular weight excluding hydrogens is 361 g/mol. The second kappa shape index (κ2) is 24.1. The van der Waals surface area contributed by atoms with Crippen LogP contribution in [-0.2, 0) is 0 Å². The highest BCUT2D eigenvalue weighted by Gasteiger charge is 2.13. The molecule has 0 aromatic heterocycles. The van der Waals surface area contributed by atoms with Crippen LogP contribution < -0.4 is 4.70 Å². The van der Waals surface area contributed by atoms with Crippen LogP contribution in [0.15, 0.2) is 0 Å². The Morgan fingerprint density at radius 1 is 0.448 bits per heavy atom. The lowest BCUT2D eigenvalue weighted by molar-refractivity contribution is -0.890. The molecule has 0 saturated carbocycles. The Morgan fingerprint density at radius 2 is 0.724 bits per heavy atom. The fraction of sp³-hybridized carbons (Fsp3) is 1.00. The lowest BCUT2D eigenvalue weighted by Gasteiger charge is -2.30. The van der Waals surface area contributed by atoms with Crippen molar-refractivity contribution in [1.29, 1.82) is 0 Å². The van der Waals surface area contributed by atoms with Crippen molar-refractivity contribution in [2.45, 2.75) is 135 Å². The lowest BCUT2D eigenvalue weighted by atomic mass is 10.0. The fourth-order valence-electron chi connectivity index (χ4n) is 4.20. The zero-order valence-corrected chi connectivity index (χ0v) is 20.5. The highest BCUT2D eigenvalue weighted by Crippen LogP contribution is 2.14. The van der Waals surface area contributed by atoms with Crippen LogP contribution in [0.4, 0.5) is 0 Å². The van der Waals surface area contributed by atoms with E-state index in [9.17, 15) is 0 Å². The fourth-order valence-corrected chi connectivity index (χ4v) is 4.20. The van der Waals surface area contributed by atoms with E-state index in [2.05, 4.69) is 21.0 Å². The summed E-state index contributed by atoms with van der Waals surface area (Å²) in [6.45, 7) is 5.28. The number of rotatable bonds is 23. The monoisotopic (exact) mass is 417 g/mol. The molecule has 0 amide bonds. The Morgan fingerprint density at radius 3 is 1.03 bits per heavy atom. The van der Waals surface area contributed by atoms with Crippen molar-refractivity contribution in [3.05, 3.63) is 0 Å². The molecule has 178 valence electrons. The highest BCUT2D eigenvalue weighted by atomic mass is 19.0. The predicted molar refractivity (Wildman–Crippen MR) is 127 cm³/mol. The van der Waals surface area contributed by atoms with Gasteiger partial charge in [0.1, 0.15) is 0 Å². The zero-order valence-electron chi connectivity index (χ0n) is 20.5. The summed E-state index contributed by atoms with van der Waals surface area (Å²) in [4.78, 5) is 0. The summed E-state index contributed by atoms with van der Waals surface area (Å²) in [5.74, 6) is 0. The van der Waals surface area contributed by atoms with Crippen LogP contribution in [0.5, 0.6) is 0 Å². The van der Waals surface area contributed by atoms with Crippen LogP contribution in [0.1, 0.15) is 135 Å². The number of aliphatic hydroxyl groups excluding tert-OH is 1. The molecular formula is C26H56FNO. The Hall–Kier alpha value is -0.150. The highest BCUT2D eigenvalue weighted by molar-refractivity contribution is 4.50. The number of hydrogen-bond acceptors (Lipinski definition) is 1. The van der Waals surface area contributed by atoms with Gasteiger partial charge in [0.05, 0.1) is 27.2 Å². The van der Waals surface area contributed by atoms with E-state index in [4.69, 9.17) is 5.11 Å². The van der Waals surface area contributed by atoms with Crippen LogP contribution in [0.2, 0.25) is 0 Å². The number of nitrogens with zero attached hydrogens (tertiary/aromatic N) is 1. The molecule has 0 aliphatic carbocycles. The average Bonchev–Trinajstić information content (AvgIpc) is 2.67. The first-order chi connectivity index (χ1) is 13.6. The van der Waals surface area contributed by atoms with Crippen LogP contribution in [0, 0.1) is 0 Å². The summed E-state index contributed by atoms with van der Waals surface area (Å²) in [7, 11) is 4.77. The van der Waals surface area contributed by atoms with Gasteiger partial charge in [0, 0.05) is 6.61 Å². The van der Waals surface area contributed by atoms with Gasteiger partial charge in [0.2, 0.25) is 0 Å². The van der Waals surface area contributed by atoms with Crippen LogP contribution in [0.25, 0.3) is 0 Å². The molecule has 2 nitrogen and oxygen atoms in total. The van der Waals surface area contributed by atoms with Crippen molar-refractivity contribution in [2.75, 3.05) is 33.8 Å². The molecule has 0 bridgehead atoms. The molecule has 29 heavy (non-hydrogen) atoms. The number of quaternary nitrogens is 1. The summed E-state index contributed by atoms with van der Waals surface area (Å²) in [5.41, 5.74) is 0. The summed E-state index contributed by atoms with van der Waals surface area (Å²) in [6.07, 6.45) is 27.9. The first kappa shape index (κ1) is 31.0. The minimum absolute atomic E-state index is 0. The third-order valence-electron chi connectivity index (χ3n) is 6.29. The van der Waals surface area contributed by atoms with E-state index in [-0.39, 0.29) is 4.70 Å². The first-order valence-electron chi connectivity index (χ1n) is 13.1. The standard InChI is InChI=1S/C26H56NO.FH/c1-4-5-6-7-8-9-10-11-12-13-14-15-16-17-18-21-24-27(2,3)25-22-19-20-23-26-28;/h28H,4-26H2,1-3H3;1H/q+1;/p-1. The smallest absolute Gasteiger partial charge is 0.0782 e. The van der Waals surface area contributed by atoms with Gasteiger partial charge in [-0.05, 0) is 32.1 Å². The zero-order chi connectivity index (χ0) is 20.8. The van der Waals surface area contributed by atoms with Gasteiger partial charge in [-0.25, -0.2) is 0 Å².